The number of carboxylic acids is 2. The van der Waals surface area contributed by atoms with E-state index in [1.54, 1.807) is 18.2 Å². The normalized spacial score (nSPS) is 16.1. The molecule has 2 aromatic rings. The molecule has 1 unspecified atom stereocenters. The van der Waals surface area contributed by atoms with E-state index in [1.165, 1.54) is 12.1 Å². The third kappa shape index (κ3) is 8.96. The van der Waals surface area contributed by atoms with Crippen LogP contribution in [0.15, 0.2) is 47.4 Å². The van der Waals surface area contributed by atoms with Gasteiger partial charge in [0.2, 0.25) is 0 Å². The van der Waals surface area contributed by atoms with Crippen molar-refractivity contribution in [2.24, 2.45) is 11.8 Å². The number of carbonyl (C=O) groups is 2. The van der Waals surface area contributed by atoms with E-state index in [0.717, 1.165) is 37.9 Å². The van der Waals surface area contributed by atoms with Gasteiger partial charge in [-0.25, -0.2) is 18.0 Å². The average molecular weight is 545 g/mol. The highest BCUT2D eigenvalue weighted by Crippen LogP contribution is 2.32. The van der Waals surface area contributed by atoms with E-state index < -0.39 is 28.1 Å². The topological polar surface area (TPSA) is 124 Å². The monoisotopic (exact) mass is 544 g/mol. The molecule has 3 N–H and O–H groups in total. The van der Waals surface area contributed by atoms with Crippen molar-refractivity contribution in [1.29, 1.82) is 0 Å². The van der Waals surface area contributed by atoms with E-state index >= 15 is 0 Å². The fraction of sp³-hybridized carbons (Fsp3) is 0.440. The number of aromatic carboxylic acids is 1. The molecule has 0 bridgehead atoms. The maximum atomic E-state index is 13.0. The molecule has 0 saturated carbocycles. The third-order valence-corrected chi connectivity index (χ3v) is 6.99. The number of aliphatic carboxylic acids is 1. The number of alkyl halides is 3. The number of hydrogen-bond donors (Lipinski definition) is 3. The molecule has 204 valence electrons. The first-order chi connectivity index (χ1) is 17.1. The summed E-state index contributed by atoms with van der Waals surface area (Å²) in [6, 6.07) is 11.5. The van der Waals surface area contributed by atoms with Gasteiger partial charge in [0.1, 0.15) is 0 Å². The first-order valence-electron chi connectivity index (χ1n) is 11.6. The Balaban J connectivity index is 0.000000604. The van der Waals surface area contributed by atoms with Crippen LogP contribution in [0.5, 0.6) is 0 Å². The lowest BCUT2D eigenvalue weighted by molar-refractivity contribution is -0.192. The van der Waals surface area contributed by atoms with Gasteiger partial charge in [0, 0.05) is 13.1 Å². The zero-order valence-corrected chi connectivity index (χ0v) is 21.6. The summed E-state index contributed by atoms with van der Waals surface area (Å²) in [5.74, 6) is -2.87. The van der Waals surface area contributed by atoms with E-state index in [9.17, 15) is 31.5 Å². The summed E-state index contributed by atoms with van der Waals surface area (Å²) in [4.78, 5) is 22.6. The summed E-state index contributed by atoms with van der Waals surface area (Å²) in [6.45, 7) is 8.02. The van der Waals surface area contributed by atoms with E-state index in [0.29, 0.717) is 23.2 Å². The Labute approximate surface area is 214 Å². The molecule has 0 spiro atoms. The van der Waals surface area contributed by atoms with Gasteiger partial charge in [0.15, 0.2) is 0 Å². The summed E-state index contributed by atoms with van der Waals surface area (Å²) in [7, 11) is -3.85. The summed E-state index contributed by atoms with van der Waals surface area (Å²) in [6.07, 6.45) is -2.05. The minimum absolute atomic E-state index is 0.0498. The standard InChI is InChI=1S/C23H30N2O4S.C2HF3O2/c1-16(2)13-18-6-9-20(10-7-18)30(28,29)24-21-14-19(23(26)27)8-11-22(21)25-12-4-5-17(3)15-25;3-2(4,5)1(6)7/h6-11,14,16-17,24H,4-5,12-13,15H2,1-3H3,(H,26,27);(H,6,7). The van der Waals surface area contributed by atoms with Gasteiger partial charge in [-0.2, -0.15) is 13.2 Å². The van der Waals surface area contributed by atoms with Gasteiger partial charge in [0.25, 0.3) is 10.0 Å². The number of hydrogen-bond acceptors (Lipinski definition) is 5. The van der Waals surface area contributed by atoms with Crippen molar-refractivity contribution in [2.75, 3.05) is 22.7 Å². The maximum absolute atomic E-state index is 13.0. The Morgan fingerprint density at radius 2 is 1.70 bits per heavy atom. The Morgan fingerprint density at radius 1 is 1.11 bits per heavy atom. The lowest BCUT2D eigenvalue weighted by Crippen LogP contribution is -2.35. The van der Waals surface area contributed by atoms with Crippen molar-refractivity contribution in [2.45, 2.75) is 51.1 Å². The molecule has 1 heterocycles. The van der Waals surface area contributed by atoms with Crippen LogP contribution in [0.4, 0.5) is 24.5 Å². The number of nitrogens with zero attached hydrogens (tertiary/aromatic N) is 1. The van der Waals surface area contributed by atoms with Crippen molar-refractivity contribution in [3.8, 4) is 0 Å². The Bertz CT molecular complexity index is 1200. The fourth-order valence-corrected chi connectivity index (χ4v) is 4.98. The maximum Gasteiger partial charge on any atom is 0.490 e. The van der Waals surface area contributed by atoms with Crippen LogP contribution < -0.4 is 9.62 Å². The minimum atomic E-state index is -5.08. The molecular formula is C25H31F3N2O6S. The Hall–Kier alpha value is -3.28. The zero-order valence-electron chi connectivity index (χ0n) is 20.7. The van der Waals surface area contributed by atoms with Crippen LogP contribution in [0.1, 0.15) is 49.5 Å². The lowest BCUT2D eigenvalue weighted by atomic mass is 9.99. The predicted molar refractivity (Wildman–Crippen MR) is 133 cm³/mol. The molecule has 0 aromatic heterocycles. The molecule has 37 heavy (non-hydrogen) atoms. The zero-order chi connectivity index (χ0) is 28.0. The number of benzene rings is 2. The van der Waals surface area contributed by atoms with Crippen molar-refractivity contribution in [1.82, 2.24) is 0 Å². The van der Waals surface area contributed by atoms with Crippen molar-refractivity contribution in [3.63, 3.8) is 0 Å². The third-order valence-electron chi connectivity index (χ3n) is 5.61. The van der Waals surface area contributed by atoms with Gasteiger partial charge in [0.05, 0.1) is 21.8 Å². The summed E-state index contributed by atoms with van der Waals surface area (Å²) in [5, 5.41) is 16.5. The second-order valence-corrected chi connectivity index (χ2v) is 11.1. The molecule has 1 aliphatic rings. The Morgan fingerprint density at radius 3 is 2.19 bits per heavy atom. The highest BCUT2D eigenvalue weighted by Gasteiger charge is 2.38. The second kappa shape index (κ2) is 12.3. The van der Waals surface area contributed by atoms with E-state index in [4.69, 9.17) is 9.90 Å². The fourth-order valence-electron chi connectivity index (χ4n) is 3.91. The summed E-state index contributed by atoms with van der Waals surface area (Å²) < 4.78 is 60.5. The number of anilines is 2. The summed E-state index contributed by atoms with van der Waals surface area (Å²) >= 11 is 0. The van der Waals surface area contributed by atoms with Crippen molar-refractivity contribution >= 4 is 33.3 Å². The largest absolute Gasteiger partial charge is 0.490 e. The molecule has 1 fully saturated rings. The molecule has 0 aliphatic carbocycles. The van der Waals surface area contributed by atoms with Crippen LogP contribution in [0.3, 0.4) is 0 Å². The molecule has 1 saturated heterocycles. The number of carboxylic acid groups (broad SMARTS) is 2. The van der Waals surface area contributed by atoms with Crippen LogP contribution in [0, 0.1) is 11.8 Å². The number of nitrogens with one attached hydrogen (secondary N) is 1. The lowest BCUT2D eigenvalue weighted by Gasteiger charge is -2.34. The van der Waals surface area contributed by atoms with Crippen LogP contribution in [-0.4, -0.2) is 49.8 Å². The summed E-state index contributed by atoms with van der Waals surface area (Å²) in [5.41, 5.74) is 2.15. The van der Waals surface area contributed by atoms with Crippen molar-refractivity contribution < 1.29 is 41.4 Å². The van der Waals surface area contributed by atoms with Gasteiger partial charge in [-0.05, 0) is 67.0 Å². The van der Waals surface area contributed by atoms with Gasteiger partial charge < -0.3 is 15.1 Å². The Kier molecular flexibility index (Phi) is 9.96. The SMILES string of the molecule is CC(C)Cc1ccc(S(=O)(=O)Nc2cc(C(=O)O)ccc2N2CCCC(C)C2)cc1.O=C(O)C(F)(F)F. The molecule has 2 aromatic carbocycles. The minimum Gasteiger partial charge on any atom is -0.478 e. The number of rotatable bonds is 7. The van der Waals surface area contributed by atoms with Crippen molar-refractivity contribution in [3.05, 3.63) is 53.6 Å². The molecule has 8 nitrogen and oxygen atoms in total. The first kappa shape index (κ1) is 29.9. The predicted octanol–water partition coefficient (Wildman–Crippen LogP) is 5.25. The highest BCUT2D eigenvalue weighted by atomic mass is 32.2. The van der Waals surface area contributed by atoms with Crippen LogP contribution in [-0.2, 0) is 21.2 Å². The molecular weight excluding hydrogens is 513 g/mol. The average Bonchev–Trinajstić information content (AvgIpc) is 2.78. The number of sulfonamides is 1. The van der Waals surface area contributed by atoms with E-state index in [-0.39, 0.29) is 10.5 Å². The number of halogens is 3. The second-order valence-electron chi connectivity index (χ2n) is 9.38. The first-order valence-corrected chi connectivity index (χ1v) is 13.1. The quantitative estimate of drug-likeness (QED) is 0.435. The molecule has 1 aliphatic heterocycles. The molecule has 0 amide bonds. The van der Waals surface area contributed by atoms with Gasteiger partial charge in [-0.3, -0.25) is 4.72 Å². The van der Waals surface area contributed by atoms with Crippen LogP contribution >= 0.6 is 0 Å². The number of piperidine rings is 1. The van der Waals surface area contributed by atoms with Crippen LogP contribution in [0.2, 0.25) is 0 Å². The molecule has 0 radical (unpaired) electrons. The van der Waals surface area contributed by atoms with Gasteiger partial charge >= 0.3 is 18.1 Å². The molecule has 3 rings (SSSR count). The van der Waals surface area contributed by atoms with Gasteiger partial charge in [-0.15, -0.1) is 0 Å². The highest BCUT2D eigenvalue weighted by molar-refractivity contribution is 7.92. The van der Waals surface area contributed by atoms with E-state index in [2.05, 4.69) is 30.4 Å². The van der Waals surface area contributed by atoms with E-state index in [1.807, 2.05) is 12.1 Å². The molecule has 1 atom stereocenters. The molecule has 12 heteroatoms. The van der Waals surface area contributed by atoms with Crippen LogP contribution in [0.25, 0.3) is 0 Å². The van der Waals surface area contributed by atoms with Gasteiger partial charge in [-0.1, -0.05) is 32.9 Å². The smallest absolute Gasteiger partial charge is 0.478 e.